The van der Waals surface area contributed by atoms with Crippen molar-refractivity contribution in [2.75, 3.05) is 5.32 Å². The van der Waals surface area contributed by atoms with Crippen molar-refractivity contribution in [1.29, 1.82) is 0 Å². The second-order valence-electron chi connectivity index (χ2n) is 6.98. The molecule has 0 unspecified atom stereocenters. The minimum atomic E-state index is -0.315. The molecule has 0 bridgehead atoms. The number of hydrogen-bond acceptors (Lipinski definition) is 3. The average molecular weight is 418 g/mol. The van der Waals surface area contributed by atoms with Crippen molar-refractivity contribution >= 4 is 40.0 Å². The van der Waals surface area contributed by atoms with Crippen molar-refractivity contribution in [1.82, 2.24) is 9.55 Å². The van der Waals surface area contributed by atoms with Crippen molar-refractivity contribution < 1.29 is 9.59 Å². The molecule has 0 saturated carbocycles. The number of amides is 1. The van der Waals surface area contributed by atoms with Crippen molar-refractivity contribution in [3.63, 3.8) is 0 Å². The fourth-order valence-corrected chi connectivity index (χ4v) is 3.63. The molecule has 0 fully saturated rings. The first-order valence-electron chi connectivity index (χ1n) is 9.64. The summed E-state index contributed by atoms with van der Waals surface area (Å²) in [5.41, 5.74) is 3.48. The molecular formula is C24H20ClN3O2. The van der Waals surface area contributed by atoms with Crippen molar-refractivity contribution in [2.24, 2.45) is 7.05 Å². The second kappa shape index (κ2) is 8.13. The summed E-state index contributed by atoms with van der Waals surface area (Å²) < 4.78 is 2.02. The molecule has 0 radical (unpaired) electrons. The lowest BCUT2D eigenvalue weighted by atomic mass is 10.0. The lowest BCUT2D eigenvalue weighted by Gasteiger charge is -2.11. The molecule has 1 heterocycles. The number of ketones is 1. The molecular weight excluding hydrogens is 398 g/mol. The highest BCUT2D eigenvalue weighted by Gasteiger charge is 2.17. The number of imidazole rings is 1. The van der Waals surface area contributed by atoms with Crippen LogP contribution in [0.5, 0.6) is 0 Å². The SMILES string of the molecule is CCc1nc2cc(C(=O)Nc3ccc(Cl)cc3C(=O)c3ccccc3)ccc2n1C. The van der Waals surface area contributed by atoms with E-state index in [0.29, 0.717) is 27.4 Å². The number of fused-ring (bicyclic) bond motifs is 1. The van der Waals surface area contributed by atoms with Crippen LogP contribution in [-0.4, -0.2) is 21.2 Å². The second-order valence-corrected chi connectivity index (χ2v) is 7.42. The Hall–Kier alpha value is -3.44. The Kier molecular flexibility index (Phi) is 5.38. The van der Waals surface area contributed by atoms with Gasteiger partial charge >= 0.3 is 0 Å². The van der Waals surface area contributed by atoms with Crippen LogP contribution in [0.15, 0.2) is 66.7 Å². The fourth-order valence-electron chi connectivity index (χ4n) is 3.46. The van der Waals surface area contributed by atoms with Gasteiger partial charge in [0.1, 0.15) is 5.82 Å². The predicted octanol–water partition coefficient (Wildman–Crippen LogP) is 5.27. The van der Waals surface area contributed by atoms with Crippen molar-refractivity contribution in [3.8, 4) is 0 Å². The van der Waals surface area contributed by atoms with E-state index in [9.17, 15) is 9.59 Å². The predicted molar refractivity (Wildman–Crippen MR) is 119 cm³/mol. The van der Waals surface area contributed by atoms with Gasteiger partial charge in [0.05, 0.1) is 16.7 Å². The zero-order chi connectivity index (χ0) is 21.3. The van der Waals surface area contributed by atoms with Gasteiger partial charge in [-0.2, -0.15) is 0 Å². The maximum atomic E-state index is 13.0. The van der Waals surface area contributed by atoms with Gasteiger partial charge in [0.25, 0.3) is 5.91 Å². The van der Waals surface area contributed by atoms with Gasteiger partial charge in [-0.05, 0) is 36.4 Å². The van der Waals surface area contributed by atoms with Crippen LogP contribution in [0.4, 0.5) is 5.69 Å². The van der Waals surface area contributed by atoms with Crippen LogP contribution < -0.4 is 5.32 Å². The Morgan fingerprint density at radius 2 is 1.77 bits per heavy atom. The molecule has 30 heavy (non-hydrogen) atoms. The Morgan fingerprint density at radius 3 is 2.50 bits per heavy atom. The number of hydrogen-bond donors (Lipinski definition) is 1. The molecule has 5 nitrogen and oxygen atoms in total. The number of rotatable bonds is 5. The smallest absolute Gasteiger partial charge is 0.255 e. The first kappa shape index (κ1) is 19.9. The van der Waals surface area contributed by atoms with E-state index >= 15 is 0 Å². The highest BCUT2D eigenvalue weighted by molar-refractivity contribution is 6.31. The highest BCUT2D eigenvalue weighted by Crippen LogP contribution is 2.25. The van der Waals surface area contributed by atoms with Gasteiger partial charge in [0.2, 0.25) is 0 Å². The summed E-state index contributed by atoms with van der Waals surface area (Å²) in [6.45, 7) is 2.04. The van der Waals surface area contributed by atoms with Crippen LogP contribution in [0.3, 0.4) is 0 Å². The van der Waals surface area contributed by atoms with Crippen molar-refractivity contribution in [3.05, 3.63) is 94.3 Å². The number of anilines is 1. The minimum Gasteiger partial charge on any atom is -0.331 e. The Labute approximate surface area is 179 Å². The molecule has 6 heteroatoms. The Balaban J connectivity index is 1.67. The molecule has 0 atom stereocenters. The molecule has 3 aromatic carbocycles. The minimum absolute atomic E-state index is 0.207. The Bertz CT molecular complexity index is 1260. The summed E-state index contributed by atoms with van der Waals surface area (Å²) in [5, 5.41) is 3.28. The summed E-state index contributed by atoms with van der Waals surface area (Å²) in [7, 11) is 1.96. The molecule has 4 rings (SSSR count). The maximum absolute atomic E-state index is 13.0. The van der Waals surface area contributed by atoms with Gasteiger partial charge in [0.15, 0.2) is 5.78 Å². The van der Waals surface area contributed by atoms with Gasteiger partial charge in [-0.25, -0.2) is 4.98 Å². The number of nitrogens with zero attached hydrogens (tertiary/aromatic N) is 2. The molecule has 0 aliphatic carbocycles. The van der Waals surface area contributed by atoms with E-state index in [1.807, 2.05) is 30.7 Å². The number of nitrogens with one attached hydrogen (secondary N) is 1. The monoisotopic (exact) mass is 417 g/mol. The molecule has 0 aliphatic rings. The molecule has 1 aromatic heterocycles. The van der Waals surface area contributed by atoms with Crippen LogP contribution >= 0.6 is 11.6 Å². The van der Waals surface area contributed by atoms with Crippen molar-refractivity contribution in [2.45, 2.75) is 13.3 Å². The molecule has 0 spiro atoms. The molecule has 1 N–H and O–H groups in total. The molecule has 0 aliphatic heterocycles. The van der Waals surface area contributed by atoms with Gasteiger partial charge in [-0.1, -0.05) is 48.9 Å². The van der Waals surface area contributed by atoms with E-state index in [1.54, 1.807) is 54.6 Å². The summed E-state index contributed by atoms with van der Waals surface area (Å²) in [6, 6.07) is 19.2. The number of carbonyl (C=O) groups excluding carboxylic acids is 2. The number of halogens is 1. The quantitative estimate of drug-likeness (QED) is 0.450. The van der Waals surface area contributed by atoms with Crippen LogP contribution in [-0.2, 0) is 13.5 Å². The first-order chi connectivity index (χ1) is 14.5. The van der Waals surface area contributed by atoms with E-state index in [4.69, 9.17) is 11.6 Å². The standard InChI is InChI=1S/C24H20ClN3O2/c1-3-22-26-20-13-16(9-12-21(20)28(22)2)24(30)27-19-11-10-17(25)14-18(19)23(29)15-7-5-4-6-8-15/h4-14H,3H2,1-2H3,(H,27,30). The van der Waals surface area contributed by atoms with Gasteiger partial charge in [-0.3, -0.25) is 9.59 Å². The summed E-state index contributed by atoms with van der Waals surface area (Å²) in [5.74, 6) is 0.433. The van der Waals surface area contributed by atoms with E-state index in [0.717, 1.165) is 23.3 Å². The number of benzene rings is 3. The lowest BCUT2D eigenvalue weighted by Crippen LogP contribution is -2.15. The highest BCUT2D eigenvalue weighted by atomic mass is 35.5. The third-order valence-corrected chi connectivity index (χ3v) is 5.30. The first-order valence-corrected chi connectivity index (χ1v) is 10.0. The van der Waals surface area contributed by atoms with Crippen LogP contribution in [0, 0.1) is 0 Å². The zero-order valence-electron chi connectivity index (χ0n) is 16.6. The average Bonchev–Trinajstić information content (AvgIpc) is 3.10. The summed E-state index contributed by atoms with van der Waals surface area (Å²) >= 11 is 6.12. The van der Waals surface area contributed by atoms with Gasteiger partial charge < -0.3 is 9.88 Å². The van der Waals surface area contributed by atoms with Gasteiger partial charge in [-0.15, -0.1) is 0 Å². The third kappa shape index (κ3) is 3.72. The molecule has 1 amide bonds. The molecule has 0 saturated heterocycles. The van der Waals surface area contributed by atoms with E-state index in [-0.39, 0.29) is 11.7 Å². The normalized spacial score (nSPS) is 10.9. The number of aromatic nitrogens is 2. The Morgan fingerprint density at radius 1 is 1.00 bits per heavy atom. The largest absolute Gasteiger partial charge is 0.331 e. The zero-order valence-corrected chi connectivity index (χ0v) is 17.4. The van der Waals surface area contributed by atoms with Crippen LogP contribution in [0.25, 0.3) is 11.0 Å². The van der Waals surface area contributed by atoms with E-state index < -0.39 is 0 Å². The topological polar surface area (TPSA) is 64.0 Å². The summed E-state index contributed by atoms with van der Waals surface area (Å²) in [6.07, 6.45) is 0.808. The lowest BCUT2D eigenvalue weighted by molar-refractivity contribution is 0.102. The third-order valence-electron chi connectivity index (χ3n) is 5.06. The van der Waals surface area contributed by atoms with E-state index in [1.165, 1.54) is 0 Å². The number of aryl methyl sites for hydroxylation is 2. The fraction of sp³-hybridized carbons (Fsp3) is 0.125. The van der Waals surface area contributed by atoms with E-state index in [2.05, 4.69) is 10.3 Å². The maximum Gasteiger partial charge on any atom is 0.255 e. The van der Waals surface area contributed by atoms with Crippen LogP contribution in [0.1, 0.15) is 39.0 Å². The molecule has 150 valence electrons. The summed E-state index contributed by atoms with van der Waals surface area (Å²) in [4.78, 5) is 30.5. The number of carbonyl (C=O) groups is 2. The van der Waals surface area contributed by atoms with Crippen LogP contribution in [0.2, 0.25) is 5.02 Å². The molecule has 4 aromatic rings. The van der Waals surface area contributed by atoms with Gasteiger partial charge in [0, 0.05) is 35.2 Å².